The van der Waals surface area contributed by atoms with Crippen molar-refractivity contribution in [3.63, 3.8) is 0 Å². The zero-order valence-corrected chi connectivity index (χ0v) is 13.9. The minimum absolute atomic E-state index is 0. The fraction of sp³-hybridized carbons (Fsp3) is 0.300. The van der Waals surface area contributed by atoms with Crippen molar-refractivity contribution >= 4 is 0 Å². The van der Waals surface area contributed by atoms with Gasteiger partial charge >= 0.3 is 0 Å². The molecule has 0 N–H and O–H groups in total. The van der Waals surface area contributed by atoms with Gasteiger partial charge < -0.3 is 22.2 Å². The van der Waals surface area contributed by atoms with Gasteiger partial charge in [0.2, 0.25) is 0 Å². The largest absolute Gasteiger partial charge is 1.00 e. The van der Waals surface area contributed by atoms with Gasteiger partial charge in [0.1, 0.15) is 0 Å². The SMILES string of the molecule is C.CC1=C(C)N(Cc2ccccc2)CN1Cc1ccccc1.[Cl-]. The van der Waals surface area contributed by atoms with Crippen LogP contribution in [0.25, 0.3) is 0 Å². The highest BCUT2D eigenvalue weighted by atomic mass is 35.5. The number of hydrogen-bond acceptors (Lipinski definition) is 2. The summed E-state index contributed by atoms with van der Waals surface area (Å²) in [5.41, 5.74) is 5.50. The fourth-order valence-electron chi connectivity index (χ4n) is 2.82. The van der Waals surface area contributed by atoms with Crippen molar-refractivity contribution in [3.8, 4) is 0 Å². The number of allylic oxidation sites excluding steroid dienone is 2. The van der Waals surface area contributed by atoms with Gasteiger partial charge in [-0.15, -0.1) is 0 Å². The van der Waals surface area contributed by atoms with Crippen molar-refractivity contribution in [1.82, 2.24) is 9.80 Å². The van der Waals surface area contributed by atoms with Gasteiger partial charge in [0.05, 0.1) is 6.67 Å². The number of hydrogen-bond donors (Lipinski definition) is 0. The normalized spacial score (nSPS) is 13.7. The highest BCUT2D eigenvalue weighted by molar-refractivity contribution is 5.21. The van der Waals surface area contributed by atoms with Crippen LogP contribution in [0.5, 0.6) is 0 Å². The summed E-state index contributed by atoms with van der Waals surface area (Å²) in [5, 5.41) is 0. The molecule has 0 fully saturated rings. The molecule has 0 aliphatic carbocycles. The predicted molar refractivity (Wildman–Crippen MR) is 93.9 cm³/mol. The maximum Gasteiger partial charge on any atom is 0.0905 e. The monoisotopic (exact) mass is 329 g/mol. The van der Waals surface area contributed by atoms with E-state index in [1.807, 2.05) is 0 Å². The van der Waals surface area contributed by atoms with Crippen LogP contribution in [0, 0.1) is 0 Å². The Kier molecular flexibility index (Phi) is 7.18. The fourth-order valence-corrected chi connectivity index (χ4v) is 2.82. The number of rotatable bonds is 4. The van der Waals surface area contributed by atoms with Crippen molar-refractivity contribution in [2.75, 3.05) is 6.67 Å². The standard InChI is InChI=1S/C19H22N2.CH4.ClH/c1-16-17(2)21(14-19-11-7-4-8-12-19)15-20(16)13-18-9-5-3-6-10-18;;/h3-12H,13-15H2,1-2H3;1H4;1H/p-1. The Labute approximate surface area is 146 Å². The number of nitrogens with zero attached hydrogens (tertiary/aromatic N) is 2. The molecular weight excluding hydrogens is 304 g/mol. The summed E-state index contributed by atoms with van der Waals surface area (Å²) in [4.78, 5) is 4.90. The van der Waals surface area contributed by atoms with Crippen LogP contribution in [0.4, 0.5) is 0 Å². The Balaban J connectivity index is 0.00000132. The smallest absolute Gasteiger partial charge is 0.0905 e. The van der Waals surface area contributed by atoms with Crippen molar-refractivity contribution < 1.29 is 12.4 Å². The average molecular weight is 330 g/mol. The van der Waals surface area contributed by atoms with E-state index >= 15 is 0 Å². The molecule has 23 heavy (non-hydrogen) atoms. The second kappa shape index (κ2) is 8.64. The molecule has 1 aliphatic heterocycles. The first kappa shape index (κ1) is 19.1. The Bertz CT molecular complexity index is 567. The van der Waals surface area contributed by atoms with Gasteiger partial charge in [0, 0.05) is 24.5 Å². The van der Waals surface area contributed by atoms with E-state index in [4.69, 9.17) is 0 Å². The van der Waals surface area contributed by atoms with Gasteiger partial charge in [-0.25, -0.2) is 0 Å². The van der Waals surface area contributed by atoms with Gasteiger partial charge in [0.15, 0.2) is 0 Å². The van der Waals surface area contributed by atoms with Gasteiger partial charge in [-0.05, 0) is 25.0 Å². The Hall–Kier alpha value is -1.93. The topological polar surface area (TPSA) is 6.48 Å². The molecule has 0 spiro atoms. The molecule has 0 radical (unpaired) electrons. The molecule has 0 saturated carbocycles. The molecule has 0 saturated heterocycles. The first-order chi connectivity index (χ1) is 10.2. The summed E-state index contributed by atoms with van der Waals surface area (Å²) >= 11 is 0. The molecule has 2 aromatic carbocycles. The summed E-state index contributed by atoms with van der Waals surface area (Å²) in [6, 6.07) is 21.4. The van der Waals surface area contributed by atoms with Gasteiger partial charge in [-0.1, -0.05) is 68.1 Å². The third kappa shape index (κ3) is 4.52. The van der Waals surface area contributed by atoms with E-state index in [1.54, 1.807) is 0 Å². The van der Waals surface area contributed by atoms with E-state index in [0.717, 1.165) is 19.8 Å². The lowest BCUT2D eigenvalue weighted by molar-refractivity contribution is -0.00000479. The summed E-state index contributed by atoms with van der Waals surface area (Å²) in [6.07, 6.45) is 0. The van der Waals surface area contributed by atoms with Gasteiger partial charge in [-0.3, -0.25) is 0 Å². The molecule has 0 bridgehead atoms. The van der Waals surface area contributed by atoms with Crippen LogP contribution in [-0.2, 0) is 13.1 Å². The van der Waals surface area contributed by atoms with Crippen LogP contribution >= 0.6 is 0 Å². The number of halogens is 1. The molecule has 0 atom stereocenters. The Morgan fingerprint density at radius 3 is 1.39 bits per heavy atom. The molecule has 124 valence electrons. The zero-order valence-electron chi connectivity index (χ0n) is 13.2. The highest BCUT2D eigenvalue weighted by Crippen LogP contribution is 2.26. The lowest BCUT2D eigenvalue weighted by Gasteiger charge is -2.24. The third-order valence-electron chi connectivity index (χ3n) is 4.25. The van der Waals surface area contributed by atoms with E-state index in [0.29, 0.717) is 0 Å². The molecule has 0 unspecified atom stereocenters. The van der Waals surface area contributed by atoms with Crippen LogP contribution < -0.4 is 12.4 Å². The maximum absolute atomic E-state index is 2.45. The highest BCUT2D eigenvalue weighted by Gasteiger charge is 2.23. The van der Waals surface area contributed by atoms with Crippen LogP contribution in [0.3, 0.4) is 0 Å². The first-order valence-electron chi connectivity index (χ1n) is 7.49. The lowest BCUT2D eigenvalue weighted by Crippen LogP contribution is -3.00. The Morgan fingerprint density at radius 1 is 0.696 bits per heavy atom. The molecule has 2 nitrogen and oxygen atoms in total. The van der Waals surface area contributed by atoms with Crippen LogP contribution in [-0.4, -0.2) is 16.5 Å². The summed E-state index contributed by atoms with van der Waals surface area (Å²) < 4.78 is 0. The van der Waals surface area contributed by atoms with E-state index in [9.17, 15) is 0 Å². The van der Waals surface area contributed by atoms with Crippen molar-refractivity contribution in [1.29, 1.82) is 0 Å². The van der Waals surface area contributed by atoms with Crippen molar-refractivity contribution in [2.45, 2.75) is 34.4 Å². The van der Waals surface area contributed by atoms with E-state index < -0.39 is 0 Å². The predicted octanol–water partition coefficient (Wildman–Crippen LogP) is 1.85. The average Bonchev–Trinajstić information content (AvgIpc) is 2.78. The zero-order chi connectivity index (χ0) is 14.7. The summed E-state index contributed by atoms with van der Waals surface area (Å²) in [7, 11) is 0. The molecule has 3 rings (SSSR count). The third-order valence-corrected chi connectivity index (χ3v) is 4.25. The molecule has 2 aromatic rings. The molecule has 0 aromatic heterocycles. The minimum Gasteiger partial charge on any atom is -1.00 e. The van der Waals surface area contributed by atoms with Gasteiger partial charge in [0.25, 0.3) is 0 Å². The molecule has 0 amide bonds. The van der Waals surface area contributed by atoms with Crippen LogP contribution in [0.15, 0.2) is 72.1 Å². The van der Waals surface area contributed by atoms with Gasteiger partial charge in [-0.2, -0.15) is 0 Å². The van der Waals surface area contributed by atoms with E-state index in [1.165, 1.54) is 22.5 Å². The molecule has 3 heteroatoms. The van der Waals surface area contributed by atoms with Crippen molar-refractivity contribution in [3.05, 3.63) is 83.2 Å². The van der Waals surface area contributed by atoms with E-state index in [-0.39, 0.29) is 19.8 Å². The second-order valence-electron chi connectivity index (χ2n) is 5.68. The van der Waals surface area contributed by atoms with Crippen molar-refractivity contribution in [2.24, 2.45) is 0 Å². The summed E-state index contributed by atoms with van der Waals surface area (Å²) in [6.45, 7) is 7.39. The van der Waals surface area contributed by atoms with E-state index in [2.05, 4.69) is 84.3 Å². The summed E-state index contributed by atoms with van der Waals surface area (Å²) in [5.74, 6) is 0. The Morgan fingerprint density at radius 2 is 1.04 bits per heavy atom. The number of benzene rings is 2. The first-order valence-corrected chi connectivity index (χ1v) is 7.49. The van der Waals surface area contributed by atoms with Crippen LogP contribution in [0.2, 0.25) is 0 Å². The molecule has 1 heterocycles. The second-order valence-corrected chi connectivity index (χ2v) is 5.68. The maximum atomic E-state index is 2.45. The van der Waals surface area contributed by atoms with Crippen LogP contribution in [0.1, 0.15) is 32.4 Å². The quantitative estimate of drug-likeness (QED) is 0.844. The molecular formula is C20H26ClN2-. The lowest BCUT2D eigenvalue weighted by atomic mass is 10.2. The molecule has 1 aliphatic rings. The minimum atomic E-state index is 0.